The Hall–Kier alpha value is -3.02. The first-order valence-corrected chi connectivity index (χ1v) is 7.59. The number of imidazole rings is 1. The van der Waals surface area contributed by atoms with Gasteiger partial charge < -0.3 is 15.2 Å². The molecular weight excluding hydrogens is 306 g/mol. The average Bonchev–Trinajstić information content (AvgIpc) is 2.92. The largest absolute Gasteiger partial charge is 0.496 e. The van der Waals surface area contributed by atoms with Gasteiger partial charge in [0, 0.05) is 18.3 Å². The summed E-state index contributed by atoms with van der Waals surface area (Å²) in [4.78, 5) is 16.0. The highest BCUT2D eigenvalue weighted by Gasteiger charge is 2.16. The zero-order valence-electron chi connectivity index (χ0n) is 13.8. The van der Waals surface area contributed by atoms with Crippen molar-refractivity contribution in [2.45, 2.75) is 20.4 Å². The number of fused-ring (bicyclic) bond motifs is 1. The number of anilines is 1. The zero-order chi connectivity index (χ0) is 17.3. The van der Waals surface area contributed by atoms with E-state index >= 15 is 0 Å². The summed E-state index contributed by atoms with van der Waals surface area (Å²) in [5.74, 6) is -0.235. The van der Waals surface area contributed by atoms with Gasteiger partial charge in [-0.3, -0.25) is 4.40 Å². The quantitative estimate of drug-likeness (QED) is 0.753. The molecule has 0 aliphatic rings. The van der Waals surface area contributed by atoms with E-state index in [0.29, 0.717) is 17.9 Å². The molecule has 0 unspecified atom stereocenters. The maximum atomic E-state index is 11.7. The first-order valence-electron chi connectivity index (χ1n) is 7.59. The van der Waals surface area contributed by atoms with Gasteiger partial charge in [-0.1, -0.05) is 17.7 Å². The number of nitrogens with one attached hydrogen (secondary N) is 1. The maximum Gasteiger partial charge on any atom is 0.355 e. The molecule has 0 saturated heterocycles. The lowest BCUT2D eigenvalue weighted by atomic mass is 10.1. The fourth-order valence-corrected chi connectivity index (χ4v) is 2.78. The summed E-state index contributed by atoms with van der Waals surface area (Å²) < 4.78 is 6.96. The van der Waals surface area contributed by atoms with E-state index < -0.39 is 5.97 Å². The number of hydrogen-bond donors (Lipinski definition) is 2. The van der Waals surface area contributed by atoms with Crippen LogP contribution in [0, 0.1) is 13.8 Å². The Morgan fingerprint density at radius 3 is 2.79 bits per heavy atom. The Kier molecular flexibility index (Phi) is 4.12. The van der Waals surface area contributed by atoms with Crippen molar-refractivity contribution in [1.29, 1.82) is 0 Å². The van der Waals surface area contributed by atoms with Crippen molar-refractivity contribution >= 4 is 17.3 Å². The molecule has 2 aromatic heterocycles. The SMILES string of the molecule is COc1ccc(C)cc1CNc1ccc2nc(C)cn2c1C(=O)O. The number of aromatic carboxylic acids is 1. The number of aromatic nitrogens is 2. The van der Waals surface area contributed by atoms with Gasteiger partial charge in [0.2, 0.25) is 0 Å². The molecule has 3 rings (SSSR count). The number of pyridine rings is 1. The van der Waals surface area contributed by atoms with Crippen molar-refractivity contribution in [3.05, 3.63) is 59.0 Å². The number of hydrogen-bond acceptors (Lipinski definition) is 4. The summed E-state index contributed by atoms with van der Waals surface area (Å²) in [6, 6.07) is 9.45. The van der Waals surface area contributed by atoms with Gasteiger partial charge in [-0.2, -0.15) is 0 Å². The van der Waals surface area contributed by atoms with E-state index in [-0.39, 0.29) is 5.69 Å². The third kappa shape index (κ3) is 2.90. The van der Waals surface area contributed by atoms with Crippen LogP contribution >= 0.6 is 0 Å². The minimum Gasteiger partial charge on any atom is -0.496 e. The maximum absolute atomic E-state index is 11.7. The summed E-state index contributed by atoms with van der Waals surface area (Å²) in [6.45, 7) is 4.31. The molecule has 1 aromatic carbocycles. The van der Waals surface area contributed by atoms with E-state index in [2.05, 4.69) is 10.3 Å². The van der Waals surface area contributed by atoms with Crippen molar-refractivity contribution in [3.8, 4) is 5.75 Å². The van der Waals surface area contributed by atoms with E-state index in [1.54, 1.807) is 29.8 Å². The van der Waals surface area contributed by atoms with Crippen LogP contribution in [-0.4, -0.2) is 27.6 Å². The van der Waals surface area contributed by atoms with Crippen molar-refractivity contribution in [3.63, 3.8) is 0 Å². The summed E-state index contributed by atoms with van der Waals surface area (Å²) in [5, 5.41) is 12.8. The number of carboxylic acid groups (broad SMARTS) is 1. The molecule has 0 spiro atoms. The number of carboxylic acids is 1. The summed E-state index contributed by atoms with van der Waals surface area (Å²) in [5.41, 5.74) is 4.18. The van der Waals surface area contributed by atoms with E-state index in [1.807, 2.05) is 32.0 Å². The Labute approximate surface area is 139 Å². The van der Waals surface area contributed by atoms with Gasteiger partial charge in [-0.15, -0.1) is 0 Å². The number of benzene rings is 1. The van der Waals surface area contributed by atoms with Crippen molar-refractivity contribution in [1.82, 2.24) is 9.38 Å². The van der Waals surface area contributed by atoms with E-state index in [4.69, 9.17) is 4.74 Å². The topological polar surface area (TPSA) is 75.9 Å². The fraction of sp³-hybridized carbons (Fsp3) is 0.222. The Morgan fingerprint density at radius 2 is 2.08 bits per heavy atom. The fourth-order valence-electron chi connectivity index (χ4n) is 2.78. The third-order valence-corrected chi connectivity index (χ3v) is 3.86. The highest BCUT2D eigenvalue weighted by molar-refractivity contribution is 5.93. The van der Waals surface area contributed by atoms with Crippen LogP contribution in [0.15, 0.2) is 36.5 Å². The summed E-state index contributed by atoms with van der Waals surface area (Å²) >= 11 is 0. The van der Waals surface area contributed by atoms with Crippen LogP contribution in [0.2, 0.25) is 0 Å². The molecule has 6 heteroatoms. The molecule has 0 saturated carbocycles. The standard InChI is InChI=1S/C18H19N3O3/c1-11-4-6-15(24-3)13(8-11)9-19-14-5-7-16-20-12(2)10-21(16)17(14)18(22)23/h4-8,10,19H,9H2,1-3H3,(H,22,23). The lowest BCUT2D eigenvalue weighted by molar-refractivity contribution is 0.0690. The third-order valence-electron chi connectivity index (χ3n) is 3.86. The van der Waals surface area contributed by atoms with Gasteiger partial charge in [0.15, 0.2) is 5.69 Å². The molecule has 0 bridgehead atoms. The molecular formula is C18H19N3O3. The molecule has 0 amide bonds. The molecule has 0 aliphatic carbocycles. The van der Waals surface area contributed by atoms with Gasteiger partial charge in [0.25, 0.3) is 0 Å². The van der Waals surface area contributed by atoms with Crippen LogP contribution in [-0.2, 0) is 6.54 Å². The molecule has 2 N–H and O–H groups in total. The molecule has 0 radical (unpaired) electrons. The minimum absolute atomic E-state index is 0.166. The van der Waals surface area contributed by atoms with Gasteiger partial charge in [0.1, 0.15) is 11.4 Å². The second-order valence-corrected chi connectivity index (χ2v) is 5.68. The smallest absolute Gasteiger partial charge is 0.355 e. The lowest BCUT2D eigenvalue weighted by Crippen LogP contribution is -2.11. The molecule has 24 heavy (non-hydrogen) atoms. The first kappa shape index (κ1) is 15.9. The van der Waals surface area contributed by atoms with Crippen LogP contribution in [0.25, 0.3) is 5.65 Å². The summed E-state index contributed by atoms with van der Waals surface area (Å²) in [7, 11) is 1.62. The molecule has 0 aliphatic heterocycles. The van der Waals surface area contributed by atoms with Crippen molar-refractivity contribution in [2.75, 3.05) is 12.4 Å². The second-order valence-electron chi connectivity index (χ2n) is 5.68. The van der Waals surface area contributed by atoms with Crippen LogP contribution < -0.4 is 10.1 Å². The molecule has 0 atom stereocenters. The highest BCUT2D eigenvalue weighted by Crippen LogP contribution is 2.23. The predicted octanol–water partition coefficient (Wildman–Crippen LogP) is 3.27. The van der Waals surface area contributed by atoms with Gasteiger partial charge in [0.05, 0.1) is 18.5 Å². The molecule has 6 nitrogen and oxygen atoms in total. The number of carbonyl (C=O) groups is 1. The van der Waals surface area contributed by atoms with E-state index in [9.17, 15) is 9.90 Å². The van der Waals surface area contributed by atoms with Crippen molar-refractivity contribution < 1.29 is 14.6 Å². The van der Waals surface area contributed by atoms with Gasteiger partial charge in [-0.25, -0.2) is 9.78 Å². The number of nitrogens with zero attached hydrogens (tertiary/aromatic N) is 2. The Bertz CT molecular complexity index is 915. The molecule has 2 heterocycles. The molecule has 0 fully saturated rings. The van der Waals surface area contributed by atoms with Gasteiger partial charge in [-0.05, 0) is 32.0 Å². The van der Waals surface area contributed by atoms with Gasteiger partial charge >= 0.3 is 5.97 Å². The Morgan fingerprint density at radius 1 is 1.29 bits per heavy atom. The number of methoxy groups -OCH3 is 1. The average molecular weight is 325 g/mol. The lowest BCUT2D eigenvalue weighted by Gasteiger charge is -2.14. The number of ether oxygens (including phenoxy) is 1. The number of aryl methyl sites for hydroxylation is 2. The predicted molar refractivity (Wildman–Crippen MR) is 91.9 cm³/mol. The van der Waals surface area contributed by atoms with Crippen LogP contribution in [0.5, 0.6) is 5.75 Å². The monoisotopic (exact) mass is 325 g/mol. The zero-order valence-corrected chi connectivity index (χ0v) is 13.8. The number of rotatable bonds is 5. The Balaban J connectivity index is 1.97. The minimum atomic E-state index is -1.00. The van der Waals surface area contributed by atoms with Crippen LogP contribution in [0.4, 0.5) is 5.69 Å². The van der Waals surface area contributed by atoms with E-state index in [1.165, 1.54) is 0 Å². The highest BCUT2D eigenvalue weighted by atomic mass is 16.5. The normalized spacial score (nSPS) is 10.8. The summed E-state index contributed by atoms with van der Waals surface area (Å²) in [6.07, 6.45) is 1.72. The first-order chi connectivity index (χ1) is 11.5. The van der Waals surface area contributed by atoms with Crippen molar-refractivity contribution in [2.24, 2.45) is 0 Å². The van der Waals surface area contributed by atoms with Crippen LogP contribution in [0.3, 0.4) is 0 Å². The second kappa shape index (κ2) is 6.23. The van der Waals surface area contributed by atoms with Crippen LogP contribution in [0.1, 0.15) is 27.3 Å². The van der Waals surface area contributed by atoms with E-state index in [0.717, 1.165) is 22.6 Å². The molecule has 124 valence electrons. The molecule has 3 aromatic rings.